The fourth-order valence-electron chi connectivity index (χ4n) is 1.75. The maximum absolute atomic E-state index is 11.8. The van der Waals surface area contributed by atoms with E-state index in [-0.39, 0.29) is 42.8 Å². The molecule has 1 fully saturated rings. The van der Waals surface area contributed by atoms with E-state index in [4.69, 9.17) is 0 Å². The molecule has 0 aromatic carbocycles. The average molecular weight is 250 g/mol. The molecule has 1 aliphatic rings. The first kappa shape index (κ1) is 15.2. The normalized spacial score (nSPS) is 19.9. The van der Waals surface area contributed by atoms with Crippen LogP contribution in [0.4, 0.5) is 0 Å². The third-order valence-electron chi connectivity index (χ3n) is 2.54. The molecule has 0 radical (unpaired) electrons. The summed E-state index contributed by atoms with van der Waals surface area (Å²) in [6.45, 7) is 4.96. The van der Waals surface area contributed by atoms with Gasteiger partial charge in [-0.05, 0) is 27.3 Å². The summed E-state index contributed by atoms with van der Waals surface area (Å²) < 4.78 is 0. The first-order valence-corrected chi connectivity index (χ1v) is 5.30. The van der Waals surface area contributed by atoms with Crippen LogP contribution in [0.3, 0.4) is 0 Å². The van der Waals surface area contributed by atoms with Crippen molar-refractivity contribution in [2.45, 2.75) is 32.4 Å². The molecule has 1 atom stereocenters. The lowest BCUT2D eigenvalue weighted by atomic mass is 10.2. The summed E-state index contributed by atoms with van der Waals surface area (Å²) >= 11 is 0. The minimum Gasteiger partial charge on any atom is -0.343 e. The summed E-state index contributed by atoms with van der Waals surface area (Å²) in [5.74, 6) is -0.0871. The maximum atomic E-state index is 11.8. The Morgan fingerprint density at radius 1 is 1.56 bits per heavy atom. The van der Waals surface area contributed by atoms with Gasteiger partial charge >= 0.3 is 0 Å². The molecule has 1 unspecified atom stereocenters. The zero-order chi connectivity index (χ0) is 11.4. The van der Waals surface area contributed by atoms with Crippen LogP contribution in [0.15, 0.2) is 0 Å². The molecule has 0 bridgehead atoms. The van der Waals surface area contributed by atoms with Gasteiger partial charge in [-0.25, -0.2) is 0 Å². The first-order valence-electron chi connectivity index (χ1n) is 5.30. The fraction of sp³-hybridized carbons (Fsp3) is 0.800. The Hall–Kier alpha value is -0.810. The van der Waals surface area contributed by atoms with Crippen LogP contribution in [-0.2, 0) is 9.59 Å². The van der Waals surface area contributed by atoms with Gasteiger partial charge in [-0.3, -0.25) is 9.59 Å². The zero-order valence-corrected chi connectivity index (χ0v) is 10.8. The van der Waals surface area contributed by atoms with Gasteiger partial charge in [0.15, 0.2) is 0 Å². The predicted octanol–water partition coefficient (Wildman–Crippen LogP) is -0.247. The predicted molar refractivity (Wildman–Crippen MR) is 64.6 cm³/mol. The number of carbonyl (C=O) groups excluding carboxylic acids is 2. The van der Waals surface area contributed by atoms with Crippen molar-refractivity contribution in [3.8, 4) is 0 Å². The molecule has 0 aliphatic carbocycles. The van der Waals surface area contributed by atoms with Gasteiger partial charge in [0.2, 0.25) is 11.8 Å². The van der Waals surface area contributed by atoms with Gasteiger partial charge in [0.05, 0.1) is 6.54 Å². The Morgan fingerprint density at radius 2 is 2.19 bits per heavy atom. The molecule has 0 saturated carbocycles. The number of rotatable bonds is 4. The number of carbonyl (C=O) groups is 2. The van der Waals surface area contributed by atoms with Crippen LogP contribution in [0.25, 0.3) is 0 Å². The monoisotopic (exact) mass is 249 g/mol. The number of nitrogens with one attached hydrogen (secondary N) is 2. The summed E-state index contributed by atoms with van der Waals surface area (Å²) in [5, 5.41) is 5.48. The Labute approximate surface area is 102 Å². The number of likely N-dealkylation sites (N-methyl/N-ethyl adjacent to an activating group) is 1. The van der Waals surface area contributed by atoms with E-state index in [9.17, 15) is 9.59 Å². The summed E-state index contributed by atoms with van der Waals surface area (Å²) in [7, 11) is 1.70. The molecule has 0 aromatic rings. The Balaban J connectivity index is 0.00000225. The highest BCUT2D eigenvalue weighted by Crippen LogP contribution is 2.13. The van der Waals surface area contributed by atoms with Gasteiger partial charge in [-0.1, -0.05) is 0 Å². The van der Waals surface area contributed by atoms with Crippen molar-refractivity contribution in [1.82, 2.24) is 15.5 Å². The van der Waals surface area contributed by atoms with E-state index in [2.05, 4.69) is 10.6 Å². The molecule has 1 aliphatic heterocycles. The molecular formula is C10H20ClN3O2. The molecule has 16 heavy (non-hydrogen) atoms. The van der Waals surface area contributed by atoms with Crippen molar-refractivity contribution in [1.29, 1.82) is 0 Å². The number of hydrogen-bond donors (Lipinski definition) is 2. The van der Waals surface area contributed by atoms with Crippen LogP contribution >= 0.6 is 12.4 Å². The first-order chi connectivity index (χ1) is 7.06. The van der Waals surface area contributed by atoms with Crippen LogP contribution in [0.1, 0.15) is 20.3 Å². The van der Waals surface area contributed by atoms with E-state index < -0.39 is 0 Å². The fourth-order valence-corrected chi connectivity index (χ4v) is 1.75. The van der Waals surface area contributed by atoms with Crippen LogP contribution in [-0.4, -0.2) is 48.9 Å². The smallest absolute Gasteiger partial charge is 0.245 e. The van der Waals surface area contributed by atoms with Crippen LogP contribution in [0, 0.1) is 0 Å². The van der Waals surface area contributed by atoms with Gasteiger partial charge in [-0.15, -0.1) is 12.4 Å². The van der Waals surface area contributed by atoms with Crippen molar-refractivity contribution in [3.05, 3.63) is 0 Å². The lowest BCUT2D eigenvalue weighted by Crippen LogP contribution is -2.45. The SMILES string of the molecule is CNCC(=O)NC1CCN(C(C)C)C1=O.Cl. The molecule has 2 N–H and O–H groups in total. The Morgan fingerprint density at radius 3 is 2.62 bits per heavy atom. The second-order valence-electron chi connectivity index (χ2n) is 4.06. The quantitative estimate of drug-likeness (QED) is 0.723. The van der Waals surface area contributed by atoms with Crippen molar-refractivity contribution in [2.75, 3.05) is 20.1 Å². The molecule has 0 spiro atoms. The van der Waals surface area contributed by atoms with Crippen molar-refractivity contribution < 1.29 is 9.59 Å². The lowest BCUT2D eigenvalue weighted by Gasteiger charge is -2.21. The van der Waals surface area contributed by atoms with E-state index in [0.29, 0.717) is 6.42 Å². The molecule has 94 valence electrons. The van der Waals surface area contributed by atoms with E-state index >= 15 is 0 Å². The van der Waals surface area contributed by atoms with E-state index in [1.165, 1.54) is 0 Å². The van der Waals surface area contributed by atoms with Crippen LogP contribution in [0.2, 0.25) is 0 Å². The second kappa shape index (κ2) is 6.70. The van der Waals surface area contributed by atoms with Crippen LogP contribution < -0.4 is 10.6 Å². The number of likely N-dealkylation sites (tertiary alicyclic amines) is 1. The van der Waals surface area contributed by atoms with Crippen molar-refractivity contribution in [2.24, 2.45) is 0 Å². The van der Waals surface area contributed by atoms with Gasteiger partial charge in [0.1, 0.15) is 6.04 Å². The number of halogens is 1. The van der Waals surface area contributed by atoms with Gasteiger partial charge in [0, 0.05) is 12.6 Å². The highest BCUT2D eigenvalue weighted by molar-refractivity contribution is 5.89. The molecular weight excluding hydrogens is 230 g/mol. The average Bonchev–Trinajstić information content (AvgIpc) is 2.48. The van der Waals surface area contributed by atoms with E-state index in [1.807, 2.05) is 13.8 Å². The third-order valence-corrected chi connectivity index (χ3v) is 2.54. The van der Waals surface area contributed by atoms with Gasteiger partial charge in [-0.2, -0.15) is 0 Å². The third kappa shape index (κ3) is 3.64. The number of nitrogens with zero attached hydrogens (tertiary/aromatic N) is 1. The highest BCUT2D eigenvalue weighted by atomic mass is 35.5. The summed E-state index contributed by atoms with van der Waals surface area (Å²) in [4.78, 5) is 24.9. The van der Waals surface area contributed by atoms with Crippen LogP contribution in [0.5, 0.6) is 0 Å². The molecule has 2 amide bonds. The minimum absolute atomic E-state index is 0. The highest BCUT2D eigenvalue weighted by Gasteiger charge is 2.33. The Kier molecular flexibility index (Phi) is 6.36. The summed E-state index contributed by atoms with van der Waals surface area (Å²) in [6.07, 6.45) is 0.715. The largest absolute Gasteiger partial charge is 0.343 e. The van der Waals surface area contributed by atoms with E-state index in [0.717, 1.165) is 6.54 Å². The standard InChI is InChI=1S/C10H19N3O2.ClH/c1-7(2)13-5-4-8(10(13)15)12-9(14)6-11-3;/h7-8,11H,4-6H2,1-3H3,(H,12,14);1H. The lowest BCUT2D eigenvalue weighted by molar-refractivity contribution is -0.133. The number of hydrogen-bond acceptors (Lipinski definition) is 3. The zero-order valence-electron chi connectivity index (χ0n) is 9.95. The summed E-state index contributed by atoms with van der Waals surface area (Å²) in [5.41, 5.74) is 0. The molecule has 1 rings (SSSR count). The van der Waals surface area contributed by atoms with E-state index in [1.54, 1.807) is 11.9 Å². The molecule has 5 nitrogen and oxygen atoms in total. The van der Waals surface area contributed by atoms with Crippen molar-refractivity contribution >= 4 is 24.2 Å². The number of amides is 2. The summed E-state index contributed by atoms with van der Waals surface area (Å²) in [6, 6.07) is -0.114. The molecule has 6 heteroatoms. The van der Waals surface area contributed by atoms with Crippen molar-refractivity contribution in [3.63, 3.8) is 0 Å². The molecule has 1 heterocycles. The topological polar surface area (TPSA) is 61.4 Å². The molecule has 1 saturated heterocycles. The molecule has 0 aromatic heterocycles. The maximum Gasteiger partial charge on any atom is 0.245 e. The van der Waals surface area contributed by atoms with Gasteiger partial charge < -0.3 is 15.5 Å². The minimum atomic E-state index is -0.326. The second-order valence-corrected chi connectivity index (χ2v) is 4.06. The van der Waals surface area contributed by atoms with Gasteiger partial charge in [0.25, 0.3) is 0 Å². The Bertz CT molecular complexity index is 258.